The van der Waals surface area contributed by atoms with Gasteiger partial charge in [0.2, 0.25) is 0 Å². The Balaban J connectivity index is 2.43. The predicted octanol–water partition coefficient (Wildman–Crippen LogP) is 0.501. The van der Waals surface area contributed by atoms with E-state index in [1.807, 2.05) is 7.05 Å². The van der Waals surface area contributed by atoms with Gasteiger partial charge in [-0.25, -0.2) is 0 Å². The molecular weight excluding hydrogens is 138 g/mol. The van der Waals surface area contributed by atoms with Gasteiger partial charge in [0, 0.05) is 13.0 Å². The van der Waals surface area contributed by atoms with Gasteiger partial charge in [-0.15, -0.1) is 0 Å². The van der Waals surface area contributed by atoms with Crippen LogP contribution in [0.25, 0.3) is 0 Å². The zero-order chi connectivity index (χ0) is 8.10. The molecule has 1 aliphatic heterocycles. The highest BCUT2D eigenvalue weighted by atomic mass is 15.3. The van der Waals surface area contributed by atoms with E-state index in [4.69, 9.17) is 0 Å². The van der Waals surface area contributed by atoms with Crippen molar-refractivity contribution in [3.05, 3.63) is 11.6 Å². The highest BCUT2D eigenvalue weighted by molar-refractivity contribution is 6.00. The molecule has 3 heteroatoms. The summed E-state index contributed by atoms with van der Waals surface area (Å²) in [4.78, 5) is 0. The number of allylic oxidation sites excluding steroid dienone is 1. The second kappa shape index (κ2) is 4.13. The van der Waals surface area contributed by atoms with Gasteiger partial charge in [-0.1, -0.05) is 6.08 Å². The van der Waals surface area contributed by atoms with Crippen molar-refractivity contribution in [2.24, 2.45) is 5.10 Å². The Bertz CT molecular complexity index is 182. The van der Waals surface area contributed by atoms with Crippen molar-refractivity contribution in [1.82, 2.24) is 10.7 Å². The quantitative estimate of drug-likeness (QED) is 0.619. The first-order valence-corrected chi connectivity index (χ1v) is 3.95. The smallest absolute Gasteiger partial charge is 0.0642 e. The minimum absolute atomic E-state index is 0.870. The van der Waals surface area contributed by atoms with E-state index >= 15 is 0 Å². The topological polar surface area (TPSA) is 36.4 Å². The van der Waals surface area contributed by atoms with Crippen LogP contribution >= 0.6 is 0 Å². The Morgan fingerprint density at radius 3 is 3.18 bits per heavy atom. The number of rotatable bonds is 3. The number of nitrogens with one attached hydrogen (secondary N) is 2. The normalized spacial score (nSPS) is 16.9. The van der Waals surface area contributed by atoms with Crippen molar-refractivity contribution in [2.45, 2.75) is 13.3 Å². The number of hydrazone groups is 1. The summed E-state index contributed by atoms with van der Waals surface area (Å²) in [7, 11) is 1.95. The van der Waals surface area contributed by atoms with Crippen LogP contribution in [0.15, 0.2) is 16.8 Å². The van der Waals surface area contributed by atoms with Gasteiger partial charge < -0.3 is 10.7 Å². The minimum Gasteiger partial charge on any atom is -0.319 e. The summed E-state index contributed by atoms with van der Waals surface area (Å²) in [6.07, 6.45) is 3.17. The van der Waals surface area contributed by atoms with Crippen LogP contribution in [0.4, 0.5) is 0 Å². The highest BCUT2D eigenvalue weighted by Crippen LogP contribution is 2.03. The van der Waals surface area contributed by atoms with Gasteiger partial charge in [-0.2, -0.15) is 5.10 Å². The highest BCUT2D eigenvalue weighted by Gasteiger charge is 2.04. The third kappa shape index (κ3) is 2.35. The van der Waals surface area contributed by atoms with Gasteiger partial charge in [-0.05, 0) is 19.5 Å². The fourth-order valence-corrected chi connectivity index (χ4v) is 1.04. The van der Waals surface area contributed by atoms with Crippen LogP contribution in [-0.4, -0.2) is 25.8 Å². The van der Waals surface area contributed by atoms with Crippen LogP contribution < -0.4 is 10.7 Å². The number of nitrogens with zero attached hydrogens (tertiary/aromatic N) is 1. The molecule has 0 spiro atoms. The van der Waals surface area contributed by atoms with Crippen LogP contribution in [-0.2, 0) is 0 Å². The molecule has 0 bridgehead atoms. The van der Waals surface area contributed by atoms with Gasteiger partial charge in [0.25, 0.3) is 0 Å². The zero-order valence-electron chi connectivity index (χ0n) is 7.15. The van der Waals surface area contributed by atoms with Gasteiger partial charge in [0.1, 0.15) is 0 Å². The van der Waals surface area contributed by atoms with Crippen LogP contribution in [0.5, 0.6) is 0 Å². The molecule has 0 saturated heterocycles. The molecule has 0 atom stereocenters. The lowest BCUT2D eigenvalue weighted by Crippen LogP contribution is -2.21. The Labute approximate surface area is 67.6 Å². The lowest BCUT2D eigenvalue weighted by Gasteiger charge is -2.11. The van der Waals surface area contributed by atoms with Gasteiger partial charge >= 0.3 is 0 Å². The molecule has 0 radical (unpaired) electrons. The van der Waals surface area contributed by atoms with Crippen molar-refractivity contribution in [1.29, 1.82) is 0 Å². The first kappa shape index (κ1) is 8.27. The lowest BCUT2D eigenvalue weighted by atomic mass is 10.1. The van der Waals surface area contributed by atoms with E-state index in [0.29, 0.717) is 0 Å². The maximum Gasteiger partial charge on any atom is 0.0642 e. The Morgan fingerprint density at radius 1 is 1.73 bits per heavy atom. The number of hydrogen-bond donors (Lipinski definition) is 2. The fraction of sp³-hybridized carbons (Fsp3) is 0.625. The third-order valence-electron chi connectivity index (χ3n) is 1.78. The standard InChI is InChI=1S/C8H15N3/c1-7-3-6-10-11-8(7)4-5-9-2/h3,9-10H,4-6H2,1-2H3. The van der Waals surface area contributed by atoms with E-state index in [1.54, 1.807) is 0 Å². The van der Waals surface area contributed by atoms with Crippen molar-refractivity contribution < 1.29 is 0 Å². The second-order valence-electron chi connectivity index (χ2n) is 2.66. The molecule has 0 aromatic carbocycles. The molecule has 0 aromatic heterocycles. The molecule has 2 N–H and O–H groups in total. The molecule has 62 valence electrons. The van der Waals surface area contributed by atoms with Crippen molar-refractivity contribution in [2.75, 3.05) is 20.1 Å². The zero-order valence-corrected chi connectivity index (χ0v) is 7.15. The molecule has 1 rings (SSSR count). The fourth-order valence-electron chi connectivity index (χ4n) is 1.04. The van der Waals surface area contributed by atoms with E-state index in [2.05, 4.69) is 28.8 Å². The summed E-state index contributed by atoms with van der Waals surface area (Å²) >= 11 is 0. The third-order valence-corrected chi connectivity index (χ3v) is 1.78. The molecule has 1 aliphatic rings. The van der Waals surface area contributed by atoms with Crippen LogP contribution in [0.1, 0.15) is 13.3 Å². The van der Waals surface area contributed by atoms with Gasteiger partial charge in [-0.3, -0.25) is 0 Å². The molecule has 0 fully saturated rings. The van der Waals surface area contributed by atoms with E-state index < -0.39 is 0 Å². The van der Waals surface area contributed by atoms with Crippen LogP contribution in [0, 0.1) is 0 Å². The number of hydrogen-bond acceptors (Lipinski definition) is 3. The molecule has 0 aromatic rings. The molecule has 11 heavy (non-hydrogen) atoms. The maximum absolute atomic E-state index is 4.21. The summed E-state index contributed by atoms with van der Waals surface area (Å²) in [6, 6.07) is 0. The SMILES string of the molecule is CNCCC1=NNCC=C1C. The van der Waals surface area contributed by atoms with Gasteiger partial charge in [0.15, 0.2) is 0 Å². The summed E-state index contributed by atoms with van der Waals surface area (Å²) in [5, 5.41) is 7.31. The summed E-state index contributed by atoms with van der Waals surface area (Å²) in [6.45, 7) is 3.97. The Kier molecular flexibility index (Phi) is 3.11. The van der Waals surface area contributed by atoms with E-state index in [-0.39, 0.29) is 0 Å². The molecule has 3 nitrogen and oxygen atoms in total. The largest absolute Gasteiger partial charge is 0.319 e. The van der Waals surface area contributed by atoms with Crippen LogP contribution in [0.3, 0.4) is 0 Å². The van der Waals surface area contributed by atoms with Crippen LogP contribution in [0.2, 0.25) is 0 Å². The maximum atomic E-state index is 4.21. The molecule has 1 heterocycles. The predicted molar refractivity (Wildman–Crippen MR) is 47.7 cm³/mol. The van der Waals surface area contributed by atoms with E-state index in [1.165, 1.54) is 11.3 Å². The Morgan fingerprint density at radius 2 is 2.55 bits per heavy atom. The average Bonchev–Trinajstić information content (AvgIpc) is 2.03. The second-order valence-corrected chi connectivity index (χ2v) is 2.66. The summed E-state index contributed by atoms with van der Waals surface area (Å²) in [5.74, 6) is 0. The summed E-state index contributed by atoms with van der Waals surface area (Å²) < 4.78 is 0. The first-order chi connectivity index (χ1) is 5.34. The lowest BCUT2D eigenvalue weighted by molar-refractivity contribution is 0.776. The van der Waals surface area contributed by atoms with Gasteiger partial charge in [0.05, 0.1) is 12.3 Å². The molecule has 0 aliphatic carbocycles. The molecular formula is C8H15N3. The Hall–Kier alpha value is -0.830. The molecule has 0 unspecified atom stereocenters. The van der Waals surface area contributed by atoms with Crippen molar-refractivity contribution in [3.63, 3.8) is 0 Å². The van der Waals surface area contributed by atoms with E-state index in [9.17, 15) is 0 Å². The van der Waals surface area contributed by atoms with Crippen molar-refractivity contribution >= 4 is 5.71 Å². The van der Waals surface area contributed by atoms with E-state index in [0.717, 1.165) is 19.5 Å². The summed E-state index contributed by atoms with van der Waals surface area (Å²) in [5.41, 5.74) is 5.43. The monoisotopic (exact) mass is 153 g/mol. The first-order valence-electron chi connectivity index (χ1n) is 3.95. The minimum atomic E-state index is 0.870. The molecule has 0 saturated carbocycles. The van der Waals surface area contributed by atoms with Crippen molar-refractivity contribution in [3.8, 4) is 0 Å². The average molecular weight is 153 g/mol. The molecule has 0 amide bonds.